The fraction of sp³-hybridized carbons (Fsp3) is 0.130. The van der Waals surface area contributed by atoms with E-state index >= 15 is 0 Å². The third kappa shape index (κ3) is 4.35. The van der Waals surface area contributed by atoms with Gasteiger partial charge in [0.25, 0.3) is 0 Å². The second-order valence-corrected chi connectivity index (χ2v) is 9.64. The highest BCUT2D eigenvalue weighted by Crippen LogP contribution is 2.40. The summed E-state index contributed by atoms with van der Waals surface area (Å²) in [6, 6.07) is 19.5. The van der Waals surface area contributed by atoms with Crippen molar-refractivity contribution in [1.82, 2.24) is 0 Å². The normalized spacial score (nSPS) is 14.8. The van der Waals surface area contributed by atoms with Crippen LogP contribution in [0.1, 0.15) is 27.8 Å². The molecule has 0 unspecified atom stereocenters. The average Bonchev–Trinajstić information content (AvgIpc) is 2.82. The van der Waals surface area contributed by atoms with Gasteiger partial charge in [-0.1, -0.05) is 65.7 Å². The maximum Gasteiger partial charge on any atom is 0.229 e. The molecule has 3 nitrogen and oxygen atoms in total. The highest BCUT2D eigenvalue weighted by atomic mass is 35.5. The third-order valence-electron chi connectivity index (χ3n) is 4.94. The molecule has 1 aliphatic rings. The Labute approximate surface area is 181 Å². The van der Waals surface area contributed by atoms with Crippen LogP contribution in [0.3, 0.4) is 0 Å². The van der Waals surface area contributed by atoms with E-state index in [1.807, 2.05) is 42.5 Å². The van der Waals surface area contributed by atoms with Gasteiger partial charge in [-0.3, -0.25) is 4.72 Å². The number of hydrogen-bond donors (Lipinski definition) is 1. The Morgan fingerprint density at radius 1 is 0.931 bits per heavy atom. The van der Waals surface area contributed by atoms with Crippen molar-refractivity contribution in [1.29, 1.82) is 0 Å². The SMILES string of the molecule is CS(=O)(=O)Nc1cccc(/C=C2\c3ccccc3CCc3c2ccc(Cl)c3Cl)c1. The highest BCUT2D eigenvalue weighted by molar-refractivity contribution is 7.92. The molecule has 148 valence electrons. The Balaban J connectivity index is 1.91. The monoisotopic (exact) mass is 443 g/mol. The zero-order chi connectivity index (χ0) is 20.6. The Hall–Kier alpha value is -2.27. The average molecular weight is 444 g/mol. The van der Waals surface area contributed by atoms with Crippen molar-refractivity contribution in [3.8, 4) is 0 Å². The van der Waals surface area contributed by atoms with Gasteiger partial charge in [-0.15, -0.1) is 0 Å². The number of anilines is 1. The molecule has 4 rings (SSSR count). The number of hydrogen-bond acceptors (Lipinski definition) is 2. The number of sulfonamides is 1. The van der Waals surface area contributed by atoms with Crippen molar-refractivity contribution in [2.45, 2.75) is 12.8 Å². The molecule has 0 atom stereocenters. The molecule has 29 heavy (non-hydrogen) atoms. The lowest BCUT2D eigenvalue weighted by Gasteiger charge is -2.14. The third-order valence-corrected chi connectivity index (χ3v) is 6.39. The summed E-state index contributed by atoms with van der Waals surface area (Å²) in [4.78, 5) is 0. The van der Waals surface area contributed by atoms with Gasteiger partial charge in [0.15, 0.2) is 0 Å². The van der Waals surface area contributed by atoms with Crippen molar-refractivity contribution in [3.05, 3.63) is 98.5 Å². The van der Waals surface area contributed by atoms with E-state index in [1.165, 1.54) is 5.56 Å². The van der Waals surface area contributed by atoms with Crippen molar-refractivity contribution in [3.63, 3.8) is 0 Å². The van der Waals surface area contributed by atoms with E-state index in [2.05, 4.69) is 22.9 Å². The first-order valence-corrected chi connectivity index (χ1v) is 11.8. The predicted molar refractivity (Wildman–Crippen MR) is 122 cm³/mol. The van der Waals surface area contributed by atoms with Crippen LogP contribution in [0.25, 0.3) is 11.6 Å². The topological polar surface area (TPSA) is 46.2 Å². The smallest absolute Gasteiger partial charge is 0.229 e. The number of aryl methyl sites for hydroxylation is 1. The molecular formula is C23H19Cl2NO2S. The minimum atomic E-state index is -3.34. The summed E-state index contributed by atoms with van der Waals surface area (Å²) in [5, 5.41) is 1.14. The van der Waals surface area contributed by atoms with Crippen LogP contribution in [-0.2, 0) is 22.9 Å². The van der Waals surface area contributed by atoms with Gasteiger partial charge < -0.3 is 0 Å². The van der Waals surface area contributed by atoms with Gasteiger partial charge in [0.2, 0.25) is 10.0 Å². The molecule has 0 aliphatic heterocycles. The van der Waals surface area contributed by atoms with E-state index in [4.69, 9.17) is 23.2 Å². The predicted octanol–water partition coefficient (Wildman–Crippen LogP) is 6.05. The van der Waals surface area contributed by atoms with Gasteiger partial charge in [-0.05, 0) is 70.5 Å². The van der Waals surface area contributed by atoms with Crippen LogP contribution in [0.2, 0.25) is 10.0 Å². The minimum Gasteiger partial charge on any atom is -0.284 e. The molecule has 0 heterocycles. The molecule has 0 saturated carbocycles. The molecule has 0 amide bonds. The van der Waals surface area contributed by atoms with Crippen LogP contribution in [0.4, 0.5) is 5.69 Å². The number of benzene rings is 3. The molecule has 0 fully saturated rings. The molecule has 0 radical (unpaired) electrons. The van der Waals surface area contributed by atoms with Gasteiger partial charge in [0, 0.05) is 5.69 Å². The molecule has 6 heteroatoms. The van der Waals surface area contributed by atoms with Gasteiger partial charge >= 0.3 is 0 Å². The molecule has 0 bridgehead atoms. The van der Waals surface area contributed by atoms with E-state index in [0.717, 1.165) is 46.9 Å². The van der Waals surface area contributed by atoms with Crippen LogP contribution in [0, 0.1) is 0 Å². The quantitative estimate of drug-likeness (QED) is 0.535. The molecule has 1 N–H and O–H groups in total. The lowest BCUT2D eigenvalue weighted by molar-refractivity contribution is 0.607. The summed E-state index contributed by atoms with van der Waals surface area (Å²) < 4.78 is 25.7. The fourth-order valence-electron chi connectivity index (χ4n) is 3.72. The molecule has 0 aromatic heterocycles. The molecule has 0 saturated heterocycles. The summed E-state index contributed by atoms with van der Waals surface area (Å²) in [5.41, 5.74) is 6.93. The Morgan fingerprint density at radius 2 is 1.72 bits per heavy atom. The minimum absolute atomic E-state index is 0.526. The molecule has 3 aromatic carbocycles. The number of nitrogens with one attached hydrogen (secondary N) is 1. The van der Waals surface area contributed by atoms with E-state index in [-0.39, 0.29) is 0 Å². The van der Waals surface area contributed by atoms with E-state index in [9.17, 15) is 8.42 Å². The second-order valence-electron chi connectivity index (χ2n) is 7.10. The number of rotatable bonds is 3. The standard InChI is InChI=1S/C23H19Cl2NO2S/c1-29(27,28)26-17-7-4-5-15(13-17)14-21-18-8-3-2-6-16(18)9-10-20-19(21)11-12-22(24)23(20)25/h2-8,11-14,26H,9-10H2,1H3/b21-14+. The summed E-state index contributed by atoms with van der Waals surface area (Å²) >= 11 is 12.8. The van der Waals surface area contributed by atoms with Gasteiger partial charge in [-0.25, -0.2) is 8.42 Å². The van der Waals surface area contributed by atoms with Gasteiger partial charge in [-0.2, -0.15) is 0 Å². The lowest BCUT2D eigenvalue weighted by Crippen LogP contribution is -2.09. The maximum atomic E-state index is 11.6. The maximum absolute atomic E-state index is 11.6. The zero-order valence-electron chi connectivity index (χ0n) is 15.7. The van der Waals surface area contributed by atoms with E-state index < -0.39 is 10.0 Å². The van der Waals surface area contributed by atoms with E-state index in [0.29, 0.717) is 15.7 Å². The highest BCUT2D eigenvalue weighted by Gasteiger charge is 2.21. The zero-order valence-corrected chi connectivity index (χ0v) is 18.1. The van der Waals surface area contributed by atoms with Crippen LogP contribution in [0.15, 0.2) is 60.7 Å². The van der Waals surface area contributed by atoms with Crippen LogP contribution < -0.4 is 4.72 Å². The van der Waals surface area contributed by atoms with Crippen LogP contribution >= 0.6 is 23.2 Å². The molecule has 1 aliphatic carbocycles. The number of halogens is 2. The van der Waals surface area contributed by atoms with Gasteiger partial charge in [0.1, 0.15) is 0 Å². The number of fused-ring (bicyclic) bond motifs is 2. The summed E-state index contributed by atoms with van der Waals surface area (Å²) in [5.74, 6) is 0. The van der Waals surface area contributed by atoms with Crippen molar-refractivity contribution in [2.24, 2.45) is 0 Å². The lowest BCUT2D eigenvalue weighted by atomic mass is 9.92. The Kier molecular flexibility index (Phi) is 5.43. The van der Waals surface area contributed by atoms with Crippen molar-refractivity contribution in [2.75, 3.05) is 11.0 Å². The fourth-order valence-corrected chi connectivity index (χ4v) is 4.71. The van der Waals surface area contributed by atoms with Crippen molar-refractivity contribution >= 4 is 50.6 Å². The first-order valence-electron chi connectivity index (χ1n) is 9.17. The Morgan fingerprint density at radius 3 is 2.52 bits per heavy atom. The van der Waals surface area contributed by atoms with Crippen molar-refractivity contribution < 1.29 is 8.42 Å². The summed E-state index contributed by atoms with van der Waals surface area (Å²) in [6.45, 7) is 0. The van der Waals surface area contributed by atoms with Gasteiger partial charge in [0.05, 0.1) is 16.3 Å². The van der Waals surface area contributed by atoms with E-state index in [1.54, 1.807) is 6.07 Å². The molecule has 0 spiro atoms. The molecular weight excluding hydrogens is 425 g/mol. The first kappa shape index (κ1) is 20.0. The largest absolute Gasteiger partial charge is 0.284 e. The first-order chi connectivity index (χ1) is 13.8. The van der Waals surface area contributed by atoms with Crippen LogP contribution in [-0.4, -0.2) is 14.7 Å². The molecule has 3 aromatic rings. The second kappa shape index (κ2) is 7.86. The summed E-state index contributed by atoms with van der Waals surface area (Å²) in [6.07, 6.45) is 4.89. The summed E-state index contributed by atoms with van der Waals surface area (Å²) in [7, 11) is -3.34. The Bertz CT molecular complexity index is 1230. The van der Waals surface area contributed by atoms with Crippen LogP contribution in [0.5, 0.6) is 0 Å².